The predicted molar refractivity (Wildman–Crippen MR) is 57.8 cm³/mol. The zero-order valence-electron chi connectivity index (χ0n) is 8.61. The van der Waals surface area contributed by atoms with Crippen molar-refractivity contribution in [1.82, 2.24) is 4.90 Å². The minimum atomic E-state index is 0.196. The van der Waals surface area contributed by atoms with Crippen LogP contribution in [0.1, 0.15) is 11.1 Å². The van der Waals surface area contributed by atoms with Gasteiger partial charge in [0.25, 0.3) is 0 Å². The van der Waals surface area contributed by atoms with Crippen LogP contribution in [0.4, 0.5) is 0 Å². The molecule has 0 amide bonds. The standard InChI is InChI=1S/C11H18N2O/c1-13(6-7-14)9-11-5-3-2-4-10(11)8-12/h2-5,14H,6-9,12H2,1H3. The van der Waals surface area contributed by atoms with Crippen molar-refractivity contribution in [2.24, 2.45) is 5.73 Å². The van der Waals surface area contributed by atoms with E-state index in [1.54, 1.807) is 0 Å². The number of nitrogens with zero attached hydrogens (tertiary/aromatic N) is 1. The first-order valence-corrected chi connectivity index (χ1v) is 4.84. The molecule has 1 rings (SSSR count). The molecular formula is C11H18N2O. The lowest BCUT2D eigenvalue weighted by Gasteiger charge is -2.17. The van der Waals surface area contributed by atoms with E-state index >= 15 is 0 Å². The van der Waals surface area contributed by atoms with Crippen molar-refractivity contribution >= 4 is 0 Å². The second kappa shape index (κ2) is 5.75. The fraction of sp³-hybridized carbons (Fsp3) is 0.455. The third kappa shape index (κ3) is 3.10. The highest BCUT2D eigenvalue weighted by molar-refractivity contribution is 5.26. The van der Waals surface area contributed by atoms with E-state index in [1.165, 1.54) is 11.1 Å². The molecule has 78 valence electrons. The molecule has 14 heavy (non-hydrogen) atoms. The van der Waals surface area contributed by atoms with Crippen molar-refractivity contribution in [2.75, 3.05) is 20.2 Å². The monoisotopic (exact) mass is 194 g/mol. The SMILES string of the molecule is CN(CCO)Cc1ccccc1CN. The lowest BCUT2D eigenvalue weighted by atomic mass is 10.1. The second-order valence-corrected chi connectivity index (χ2v) is 3.43. The second-order valence-electron chi connectivity index (χ2n) is 3.43. The van der Waals surface area contributed by atoms with Gasteiger partial charge in [-0.3, -0.25) is 4.90 Å². The van der Waals surface area contributed by atoms with Gasteiger partial charge in [0.1, 0.15) is 0 Å². The number of hydrogen-bond acceptors (Lipinski definition) is 3. The molecule has 0 radical (unpaired) electrons. The number of hydrogen-bond donors (Lipinski definition) is 2. The normalized spacial score (nSPS) is 10.9. The van der Waals surface area contributed by atoms with Gasteiger partial charge in [-0.15, -0.1) is 0 Å². The Bertz CT molecular complexity index is 276. The van der Waals surface area contributed by atoms with Crippen molar-refractivity contribution in [3.63, 3.8) is 0 Å². The molecule has 3 N–H and O–H groups in total. The van der Waals surface area contributed by atoms with Crippen molar-refractivity contribution in [2.45, 2.75) is 13.1 Å². The molecule has 3 heteroatoms. The minimum Gasteiger partial charge on any atom is -0.395 e. The summed E-state index contributed by atoms with van der Waals surface area (Å²) >= 11 is 0. The van der Waals surface area contributed by atoms with Gasteiger partial charge < -0.3 is 10.8 Å². The quantitative estimate of drug-likeness (QED) is 0.720. The van der Waals surface area contributed by atoms with Crippen LogP contribution < -0.4 is 5.73 Å². The zero-order valence-corrected chi connectivity index (χ0v) is 8.61. The average Bonchev–Trinajstić information content (AvgIpc) is 2.19. The summed E-state index contributed by atoms with van der Waals surface area (Å²) in [6.45, 7) is 2.30. The highest BCUT2D eigenvalue weighted by Gasteiger charge is 2.02. The summed E-state index contributed by atoms with van der Waals surface area (Å²) in [5, 5.41) is 8.77. The van der Waals surface area contributed by atoms with Gasteiger partial charge >= 0.3 is 0 Å². The van der Waals surface area contributed by atoms with Crippen molar-refractivity contribution in [3.05, 3.63) is 35.4 Å². The molecule has 0 aliphatic heterocycles. The Morgan fingerprint density at radius 3 is 2.50 bits per heavy atom. The molecule has 0 spiro atoms. The summed E-state index contributed by atoms with van der Waals surface area (Å²) in [6, 6.07) is 8.14. The molecule has 0 heterocycles. The molecule has 0 fully saturated rings. The number of aliphatic hydroxyl groups is 1. The molecule has 3 nitrogen and oxygen atoms in total. The molecule has 0 saturated carbocycles. The maximum Gasteiger partial charge on any atom is 0.0558 e. The van der Waals surface area contributed by atoms with Crippen molar-refractivity contribution in [1.29, 1.82) is 0 Å². The Hall–Kier alpha value is -0.900. The number of aliphatic hydroxyl groups excluding tert-OH is 1. The Kier molecular flexibility index (Phi) is 4.59. The molecule has 0 aromatic heterocycles. The van der Waals surface area contributed by atoms with Crippen LogP contribution in [-0.2, 0) is 13.1 Å². The van der Waals surface area contributed by atoms with Crippen LogP contribution >= 0.6 is 0 Å². The van der Waals surface area contributed by atoms with Crippen LogP contribution in [0.25, 0.3) is 0 Å². The van der Waals surface area contributed by atoms with Crippen LogP contribution in [0.3, 0.4) is 0 Å². The Balaban J connectivity index is 2.65. The number of nitrogens with two attached hydrogens (primary N) is 1. The zero-order chi connectivity index (χ0) is 10.4. The Labute approximate surface area is 85.2 Å². The van der Waals surface area contributed by atoms with Gasteiger partial charge in [-0.1, -0.05) is 24.3 Å². The van der Waals surface area contributed by atoms with Gasteiger partial charge in [-0.05, 0) is 18.2 Å². The first kappa shape index (κ1) is 11.2. The third-order valence-corrected chi connectivity index (χ3v) is 2.26. The van der Waals surface area contributed by atoms with Crippen LogP contribution in [0.15, 0.2) is 24.3 Å². The van der Waals surface area contributed by atoms with Gasteiger partial charge in [0.05, 0.1) is 6.61 Å². The number of rotatable bonds is 5. The van der Waals surface area contributed by atoms with E-state index in [4.69, 9.17) is 10.8 Å². The smallest absolute Gasteiger partial charge is 0.0558 e. The van der Waals surface area contributed by atoms with E-state index in [0.29, 0.717) is 13.1 Å². The highest BCUT2D eigenvalue weighted by Crippen LogP contribution is 2.09. The summed E-state index contributed by atoms with van der Waals surface area (Å²) in [6.07, 6.45) is 0. The topological polar surface area (TPSA) is 49.5 Å². The molecule has 0 aliphatic rings. The molecule has 0 unspecified atom stereocenters. The summed E-state index contributed by atoms with van der Waals surface area (Å²) in [4.78, 5) is 2.08. The molecule has 0 saturated heterocycles. The van der Waals surface area contributed by atoms with Gasteiger partial charge in [0.15, 0.2) is 0 Å². The van der Waals surface area contributed by atoms with Gasteiger partial charge in [-0.25, -0.2) is 0 Å². The van der Waals surface area contributed by atoms with Gasteiger partial charge in [0, 0.05) is 19.6 Å². The minimum absolute atomic E-state index is 0.196. The maximum absolute atomic E-state index is 8.77. The summed E-state index contributed by atoms with van der Waals surface area (Å²) in [7, 11) is 1.99. The summed E-state index contributed by atoms with van der Waals surface area (Å²) in [5.74, 6) is 0. The van der Waals surface area contributed by atoms with Crippen LogP contribution in [0.2, 0.25) is 0 Å². The predicted octanol–water partition coefficient (Wildman–Crippen LogP) is 0.569. The van der Waals surface area contributed by atoms with Gasteiger partial charge in [-0.2, -0.15) is 0 Å². The molecule has 1 aromatic carbocycles. The lowest BCUT2D eigenvalue weighted by molar-refractivity contribution is 0.217. The maximum atomic E-state index is 8.77. The molecule has 0 bridgehead atoms. The van der Waals surface area contributed by atoms with Gasteiger partial charge in [0.2, 0.25) is 0 Å². The van der Waals surface area contributed by atoms with Crippen LogP contribution in [-0.4, -0.2) is 30.2 Å². The highest BCUT2D eigenvalue weighted by atomic mass is 16.3. The largest absolute Gasteiger partial charge is 0.395 e. The van der Waals surface area contributed by atoms with E-state index < -0.39 is 0 Å². The van der Waals surface area contributed by atoms with E-state index in [-0.39, 0.29) is 6.61 Å². The Morgan fingerprint density at radius 1 is 1.29 bits per heavy atom. The summed E-state index contributed by atoms with van der Waals surface area (Å²) < 4.78 is 0. The molecule has 0 aliphatic carbocycles. The van der Waals surface area contributed by atoms with E-state index in [1.807, 2.05) is 25.2 Å². The number of likely N-dealkylation sites (N-methyl/N-ethyl adjacent to an activating group) is 1. The third-order valence-electron chi connectivity index (χ3n) is 2.26. The van der Waals surface area contributed by atoms with Crippen LogP contribution in [0.5, 0.6) is 0 Å². The lowest BCUT2D eigenvalue weighted by Crippen LogP contribution is -2.22. The Morgan fingerprint density at radius 2 is 1.93 bits per heavy atom. The van der Waals surface area contributed by atoms with Crippen LogP contribution in [0, 0.1) is 0 Å². The fourth-order valence-electron chi connectivity index (χ4n) is 1.45. The van der Waals surface area contributed by atoms with Crippen molar-refractivity contribution < 1.29 is 5.11 Å². The molecule has 0 atom stereocenters. The first-order valence-electron chi connectivity index (χ1n) is 4.84. The average molecular weight is 194 g/mol. The van der Waals surface area contributed by atoms with E-state index in [9.17, 15) is 0 Å². The van der Waals surface area contributed by atoms with E-state index in [0.717, 1.165) is 6.54 Å². The first-order chi connectivity index (χ1) is 6.77. The summed E-state index contributed by atoms with van der Waals surface area (Å²) in [5.41, 5.74) is 8.05. The number of benzene rings is 1. The fourth-order valence-corrected chi connectivity index (χ4v) is 1.45. The molecule has 1 aromatic rings. The molecular weight excluding hydrogens is 176 g/mol. The van der Waals surface area contributed by atoms with E-state index in [2.05, 4.69) is 11.0 Å². The van der Waals surface area contributed by atoms with Crippen molar-refractivity contribution in [3.8, 4) is 0 Å².